The average molecular weight is 245 g/mol. The van der Waals surface area contributed by atoms with Gasteiger partial charge in [-0.05, 0) is 6.07 Å². The van der Waals surface area contributed by atoms with E-state index in [4.69, 9.17) is 9.52 Å². The van der Waals surface area contributed by atoms with Crippen molar-refractivity contribution in [2.24, 2.45) is 0 Å². The van der Waals surface area contributed by atoms with E-state index in [2.05, 4.69) is 0 Å². The van der Waals surface area contributed by atoms with Crippen LogP contribution in [0.2, 0.25) is 0 Å². The van der Waals surface area contributed by atoms with Crippen LogP contribution >= 0.6 is 11.8 Å². The Morgan fingerprint density at radius 2 is 2.38 bits per heavy atom. The van der Waals surface area contributed by atoms with E-state index in [0.717, 1.165) is 0 Å². The topological polar surface area (TPSA) is 93.6 Å². The lowest BCUT2D eigenvalue weighted by Crippen LogP contribution is -2.05. The van der Waals surface area contributed by atoms with E-state index < -0.39 is 10.9 Å². The molecule has 0 aliphatic rings. The molecule has 7 heteroatoms. The number of carbonyl (C=O) groups is 1. The SMILES string of the molecule is CC(CC(=O)O)SCc1ccc([N+](=O)[O-])o1. The molecule has 0 aromatic carbocycles. The van der Waals surface area contributed by atoms with E-state index in [1.165, 1.54) is 23.9 Å². The van der Waals surface area contributed by atoms with Gasteiger partial charge in [0.1, 0.15) is 10.7 Å². The summed E-state index contributed by atoms with van der Waals surface area (Å²) in [6, 6.07) is 2.82. The van der Waals surface area contributed by atoms with Gasteiger partial charge in [-0.15, -0.1) is 0 Å². The van der Waals surface area contributed by atoms with E-state index in [1.54, 1.807) is 6.92 Å². The van der Waals surface area contributed by atoms with Gasteiger partial charge in [-0.3, -0.25) is 14.9 Å². The van der Waals surface area contributed by atoms with Crippen molar-refractivity contribution in [3.63, 3.8) is 0 Å². The second-order valence-electron chi connectivity index (χ2n) is 3.22. The minimum Gasteiger partial charge on any atom is -0.481 e. The molecular formula is C9H11NO5S. The zero-order valence-corrected chi connectivity index (χ0v) is 9.40. The Kier molecular flexibility index (Phi) is 4.36. The lowest BCUT2D eigenvalue weighted by atomic mass is 10.3. The Bertz CT molecular complexity index is 389. The summed E-state index contributed by atoms with van der Waals surface area (Å²) in [6.45, 7) is 1.79. The Morgan fingerprint density at radius 1 is 1.69 bits per heavy atom. The lowest BCUT2D eigenvalue weighted by Gasteiger charge is -2.05. The van der Waals surface area contributed by atoms with Crippen molar-refractivity contribution in [3.05, 3.63) is 28.0 Å². The highest BCUT2D eigenvalue weighted by molar-refractivity contribution is 7.99. The maximum atomic E-state index is 10.4. The van der Waals surface area contributed by atoms with Gasteiger partial charge in [-0.1, -0.05) is 6.92 Å². The largest absolute Gasteiger partial charge is 0.481 e. The quantitative estimate of drug-likeness (QED) is 0.610. The average Bonchev–Trinajstić information content (AvgIpc) is 2.61. The second-order valence-corrected chi connectivity index (χ2v) is 4.64. The molecule has 1 aromatic heterocycles. The zero-order valence-electron chi connectivity index (χ0n) is 8.58. The molecule has 0 aliphatic carbocycles. The maximum Gasteiger partial charge on any atom is 0.433 e. The smallest absolute Gasteiger partial charge is 0.433 e. The van der Waals surface area contributed by atoms with E-state index >= 15 is 0 Å². The van der Waals surface area contributed by atoms with Crippen LogP contribution in [0, 0.1) is 10.1 Å². The van der Waals surface area contributed by atoms with Crippen LogP contribution in [0.25, 0.3) is 0 Å². The first kappa shape index (κ1) is 12.6. The van der Waals surface area contributed by atoms with Crippen LogP contribution in [-0.4, -0.2) is 21.2 Å². The monoisotopic (exact) mass is 245 g/mol. The summed E-state index contributed by atoms with van der Waals surface area (Å²) in [5.41, 5.74) is 0. The maximum absolute atomic E-state index is 10.4. The number of aliphatic carboxylic acids is 1. The minimum absolute atomic E-state index is 0.0540. The normalized spacial score (nSPS) is 12.3. The molecule has 0 spiro atoms. The molecule has 1 unspecified atom stereocenters. The number of carboxylic acids is 1. The molecule has 0 bridgehead atoms. The van der Waals surface area contributed by atoms with Crippen LogP contribution in [0.5, 0.6) is 0 Å². The summed E-state index contributed by atoms with van der Waals surface area (Å²) in [7, 11) is 0. The first-order valence-electron chi connectivity index (χ1n) is 4.55. The zero-order chi connectivity index (χ0) is 12.1. The Labute approximate surface area is 95.8 Å². The number of nitrogens with zero attached hydrogens (tertiary/aromatic N) is 1. The molecule has 6 nitrogen and oxygen atoms in total. The predicted octanol–water partition coefficient (Wildman–Crippen LogP) is 2.28. The van der Waals surface area contributed by atoms with Gasteiger partial charge >= 0.3 is 11.9 Å². The van der Waals surface area contributed by atoms with Crippen molar-refractivity contribution >= 4 is 23.6 Å². The molecule has 1 atom stereocenters. The van der Waals surface area contributed by atoms with Crippen molar-refractivity contribution < 1.29 is 19.2 Å². The fourth-order valence-corrected chi connectivity index (χ4v) is 1.94. The third kappa shape index (κ3) is 3.93. The molecule has 0 fully saturated rings. The van der Waals surface area contributed by atoms with Crippen molar-refractivity contribution in [1.82, 2.24) is 0 Å². The van der Waals surface area contributed by atoms with E-state index in [-0.39, 0.29) is 17.6 Å². The van der Waals surface area contributed by atoms with Gasteiger partial charge in [0.2, 0.25) is 0 Å². The third-order valence-electron chi connectivity index (χ3n) is 1.80. The second kappa shape index (κ2) is 5.55. The first-order chi connectivity index (χ1) is 7.49. The molecular weight excluding hydrogens is 234 g/mol. The summed E-state index contributed by atoms with van der Waals surface area (Å²) in [5.74, 6) is -0.233. The van der Waals surface area contributed by atoms with Crippen molar-refractivity contribution in [2.45, 2.75) is 24.3 Å². The van der Waals surface area contributed by atoms with Crippen LogP contribution in [0.15, 0.2) is 16.5 Å². The van der Waals surface area contributed by atoms with Gasteiger partial charge < -0.3 is 9.52 Å². The van der Waals surface area contributed by atoms with Crippen LogP contribution < -0.4 is 0 Å². The van der Waals surface area contributed by atoms with E-state index in [9.17, 15) is 14.9 Å². The van der Waals surface area contributed by atoms with E-state index in [1.807, 2.05) is 0 Å². The third-order valence-corrected chi connectivity index (χ3v) is 2.99. The van der Waals surface area contributed by atoms with Crippen molar-refractivity contribution in [3.8, 4) is 0 Å². The van der Waals surface area contributed by atoms with Crippen molar-refractivity contribution in [1.29, 1.82) is 0 Å². The summed E-state index contributed by atoms with van der Waals surface area (Å²) >= 11 is 1.39. The molecule has 1 aromatic rings. The molecule has 1 N–H and O–H groups in total. The van der Waals surface area contributed by atoms with Gasteiger partial charge in [-0.25, -0.2) is 0 Å². The number of thioether (sulfide) groups is 1. The minimum atomic E-state index is -0.856. The predicted molar refractivity (Wildman–Crippen MR) is 58.4 cm³/mol. The van der Waals surface area contributed by atoms with Crippen LogP contribution in [0.4, 0.5) is 5.88 Å². The number of hydrogen-bond donors (Lipinski definition) is 1. The summed E-state index contributed by atoms with van der Waals surface area (Å²) < 4.78 is 4.93. The fraction of sp³-hybridized carbons (Fsp3) is 0.444. The fourth-order valence-electron chi connectivity index (χ4n) is 1.07. The standard InChI is InChI=1S/C9H11NO5S/c1-6(4-9(11)12)16-5-7-2-3-8(15-7)10(13)14/h2-3,6H,4-5H2,1H3,(H,11,12). The summed E-state index contributed by atoms with van der Waals surface area (Å²) in [4.78, 5) is 20.1. The van der Waals surface area contributed by atoms with Crippen molar-refractivity contribution in [2.75, 3.05) is 0 Å². The Balaban J connectivity index is 2.42. The molecule has 1 rings (SSSR count). The highest BCUT2D eigenvalue weighted by atomic mass is 32.2. The van der Waals surface area contributed by atoms with E-state index in [0.29, 0.717) is 11.5 Å². The molecule has 0 aliphatic heterocycles. The van der Waals surface area contributed by atoms with Crippen LogP contribution in [0.3, 0.4) is 0 Å². The highest BCUT2D eigenvalue weighted by Crippen LogP contribution is 2.23. The summed E-state index contributed by atoms with van der Waals surface area (Å²) in [6.07, 6.45) is 0.0630. The van der Waals surface area contributed by atoms with Gasteiger partial charge in [-0.2, -0.15) is 11.8 Å². The summed E-state index contributed by atoms with van der Waals surface area (Å²) in [5, 5.41) is 18.8. The molecule has 0 saturated carbocycles. The van der Waals surface area contributed by atoms with Gasteiger partial charge in [0.15, 0.2) is 0 Å². The van der Waals surface area contributed by atoms with Crippen LogP contribution in [-0.2, 0) is 10.5 Å². The number of furan rings is 1. The lowest BCUT2D eigenvalue weighted by molar-refractivity contribution is -0.402. The Morgan fingerprint density at radius 3 is 2.88 bits per heavy atom. The molecule has 0 saturated heterocycles. The number of nitro groups is 1. The van der Waals surface area contributed by atoms with Gasteiger partial charge in [0.25, 0.3) is 0 Å². The molecule has 16 heavy (non-hydrogen) atoms. The van der Waals surface area contributed by atoms with Gasteiger partial charge in [0, 0.05) is 5.25 Å². The Hall–Kier alpha value is -1.50. The molecule has 0 radical (unpaired) electrons. The molecule has 1 heterocycles. The number of hydrogen-bond acceptors (Lipinski definition) is 5. The highest BCUT2D eigenvalue weighted by Gasteiger charge is 2.13. The molecule has 88 valence electrons. The number of rotatable bonds is 6. The first-order valence-corrected chi connectivity index (χ1v) is 5.60. The molecule has 0 amide bonds. The van der Waals surface area contributed by atoms with Gasteiger partial charge in [0.05, 0.1) is 18.2 Å². The van der Waals surface area contributed by atoms with Crippen LogP contribution in [0.1, 0.15) is 19.1 Å². The number of carboxylic acid groups (broad SMARTS) is 1.